The fraction of sp³-hybridized carbons (Fsp3) is 0.444. The molecule has 5 rings (SSSR count). The first kappa shape index (κ1) is 15.2. The molecule has 0 aliphatic carbocycles. The number of amides is 1. The molecule has 2 saturated heterocycles. The lowest BCUT2D eigenvalue weighted by molar-refractivity contribution is 0.0777. The number of aromatic nitrogens is 1. The van der Waals surface area contributed by atoms with Crippen LogP contribution in [0.25, 0.3) is 10.6 Å². The van der Waals surface area contributed by atoms with Crippen LogP contribution in [0.1, 0.15) is 10.5 Å². The molecule has 3 aliphatic rings. The maximum atomic E-state index is 12.8. The van der Waals surface area contributed by atoms with Gasteiger partial charge in [-0.25, -0.2) is 4.98 Å². The Morgan fingerprint density at radius 1 is 1.16 bits per heavy atom. The Morgan fingerprint density at radius 3 is 2.72 bits per heavy atom. The molecule has 2 fully saturated rings. The molecule has 130 valence electrons. The van der Waals surface area contributed by atoms with Gasteiger partial charge in [0.1, 0.15) is 23.9 Å². The van der Waals surface area contributed by atoms with Crippen molar-refractivity contribution in [3.05, 3.63) is 29.3 Å². The molecule has 3 aliphatic heterocycles. The zero-order valence-corrected chi connectivity index (χ0v) is 14.6. The highest BCUT2D eigenvalue weighted by atomic mass is 32.1. The van der Waals surface area contributed by atoms with Gasteiger partial charge in [-0.2, -0.15) is 0 Å². The van der Waals surface area contributed by atoms with Gasteiger partial charge in [0.25, 0.3) is 5.91 Å². The molecule has 6 nitrogen and oxygen atoms in total. The van der Waals surface area contributed by atoms with E-state index in [-0.39, 0.29) is 5.91 Å². The molecule has 0 unspecified atom stereocenters. The number of rotatable bonds is 2. The van der Waals surface area contributed by atoms with Crippen LogP contribution in [0.2, 0.25) is 0 Å². The number of nitrogens with zero attached hydrogens (tertiary/aromatic N) is 2. The van der Waals surface area contributed by atoms with E-state index in [1.165, 1.54) is 11.3 Å². The summed E-state index contributed by atoms with van der Waals surface area (Å²) in [6, 6.07) is 5.81. The van der Waals surface area contributed by atoms with Crippen molar-refractivity contribution in [1.29, 1.82) is 0 Å². The summed E-state index contributed by atoms with van der Waals surface area (Å²) in [6.45, 7) is 4.86. The Labute approximate surface area is 149 Å². The highest BCUT2D eigenvalue weighted by molar-refractivity contribution is 7.13. The van der Waals surface area contributed by atoms with Gasteiger partial charge in [0.15, 0.2) is 11.5 Å². The number of hydrogen-bond donors (Lipinski definition) is 1. The second kappa shape index (κ2) is 6.00. The van der Waals surface area contributed by atoms with Crippen molar-refractivity contribution in [3.8, 4) is 22.1 Å². The van der Waals surface area contributed by atoms with Gasteiger partial charge in [-0.15, -0.1) is 11.3 Å². The van der Waals surface area contributed by atoms with E-state index in [1.54, 1.807) is 0 Å². The SMILES string of the molecule is O=C(c1csc(-c2ccc3c(c2)OCCO3)n1)N1C[C@H]2CNC[C@H]2C1. The summed E-state index contributed by atoms with van der Waals surface area (Å²) < 4.78 is 11.2. The molecule has 2 atom stereocenters. The monoisotopic (exact) mass is 357 g/mol. The van der Waals surface area contributed by atoms with Crippen LogP contribution >= 0.6 is 11.3 Å². The third kappa shape index (κ3) is 2.67. The van der Waals surface area contributed by atoms with E-state index in [2.05, 4.69) is 10.3 Å². The molecule has 2 aromatic rings. The zero-order chi connectivity index (χ0) is 16.8. The Bertz CT molecular complexity index is 810. The number of carbonyl (C=O) groups is 1. The minimum absolute atomic E-state index is 0.0504. The summed E-state index contributed by atoms with van der Waals surface area (Å²) in [5.41, 5.74) is 1.50. The van der Waals surface area contributed by atoms with Crippen LogP contribution in [-0.4, -0.2) is 55.2 Å². The Morgan fingerprint density at radius 2 is 1.92 bits per heavy atom. The maximum Gasteiger partial charge on any atom is 0.273 e. The quantitative estimate of drug-likeness (QED) is 0.889. The Kier molecular flexibility index (Phi) is 3.64. The zero-order valence-electron chi connectivity index (χ0n) is 13.7. The van der Waals surface area contributed by atoms with Gasteiger partial charge < -0.3 is 19.7 Å². The number of likely N-dealkylation sites (tertiary alicyclic amines) is 1. The van der Waals surface area contributed by atoms with Crippen LogP contribution < -0.4 is 14.8 Å². The summed E-state index contributed by atoms with van der Waals surface area (Å²) >= 11 is 1.49. The molecule has 0 radical (unpaired) electrons. The van der Waals surface area contributed by atoms with E-state index in [1.807, 2.05) is 28.5 Å². The van der Waals surface area contributed by atoms with Gasteiger partial charge in [-0.05, 0) is 30.0 Å². The average molecular weight is 357 g/mol. The maximum absolute atomic E-state index is 12.8. The molecule has 4 heterocycles. The van der Waals surface area contributed by atoms with E-state index in [0.29, 0.717) is 30.7 Å². The van der Waals surface area contributed by atoms with Gasteiger partial charge in [0, 0.05) is 37.1 Å². The van der Waals surface area contributed by atoms with Gasteiger partial charge in [0.05, 0.1) is 0 Å². The normalized spacial score (nSPS) is 24.4. The number of ether oxygens (including phenoxy) is 2. The minimum Gasteiger partial charge on any atom is -0.486 e. The molecule has 1 aromatic heterocycles. The van der Waals surface area contributed by atoms with E-state index >= 15 is 0 Å². The third-order valence-corrected chi connectivity index (χ3v) is 6.08. The van der Waals surface area contributed by atoms with E-state index in [4.69, 9.17) is 9.47 Å². The first-order valence-corrected chi connectivity index (χ1v) is 9.51. The van der Waals surface area contributed by atoms with Crippen LogP contribution in [0.15, 0.2) is 23.6 Å². The molecular formula is C18H19N3O3S. The van der Waals surface area contributed by atoms with E-state index in [0.717, 1.165) is 48.2 Å². The molecule has 1 amide bonds. The molecule has 0 spiro atoms. The van der Waals surface area contributed by atoms with Gasteiger partial charge in [-0.1, -0.05) is 0 Å². The number of hydrogen-bond acceptors (Lipinski definition) is 6. The fourth-order valence-electron chi connectivity index (χ4n) is 3.86. The van der Waals surface area contributed by atoms with Crippen molar-refractivity contribution in [2.75, 3.05) is 39.4 Å². The van der Waals surface area contributed by atoms with Crippen molar-refractivity contribution in [3.63, 3.8) is 0 Å². The molecule has 7 heteroatoms. The van der Waals surface area contributed by atoms with E-state index in [9.17, 15) is 4.79 Å². The number of carbonyl (C=O) groups excluding carboxylic acids is 1. The standard InChI is InChI=1S/C18H19N3O3S/c22-18(21-8-12-6-19-7-13(12)9-21)14-10-25-17(20-14)11-1-2-15-16(5-11)24-4-3-23-15/h1-2,5,10,12-13,19H,3-4,6-9H2/t12-,13+. The topological polar surface area (TPSA) is 63.7 Å². The molecule has 0 bridgehead atoms. The summed E-state index contributed by atoms with van der Waals surface area (Å²) in [6.07, 6.45) is 0. The smallest absolute Gasteiger partial charge is 0.273 e. The van der Waals surface area contributed by atoms with Crippen molar-refractivity contribution in [2.24, 2.45) is 11.8 Å². The lowest BCUT2D eigenvalue weighted by atomic mass is 10.0. The van der Waals surface area contributed by atoms with Gasteiger partial charge >= 0.3 is 0 Å². The first-order valence-electron chi connectivity index (χ1n) is 8.63. The molecule has 1 aromatic carbocycles. The van der Waals surface area contributed by atoms with Gasteiger partial charge in [-0.3, -0.25) is 4.79 Å². The molecule has 25 heavy (non-hydrogen) atoms. The summed E-state index contributed by atoms with van der Waals surface area (Å²) in [5.74, 6) is 2.75. The van der Waals surface area contributed by atoms with Crippen molar-refractivity contribution in [1.82, 2.24) is 15.2 Å². The highest BCUT2D eigenvalue weighted by Gasteiger charge is 2.38. The van der Waals surface area contributed by atoms with E-state index < -0.39 is 0 Å². The van der Waals surface area contributed by atoms with Crippen molar-refractivity contribution < 1.29 is 14.3 Å². The predicted molar refractivity (Wildman–Crippen MR) is 94.3 cm³/mol. The number of thiazole rings is 1. The number of nitrogens with one attached hydrogen (secondary N) is 1. The van der Waals surface area contributed by atoms with Crippen LogP contribution in [0, 0.1) is 11.8 Å². The lowest BCUT2D eigenvalue weighted by Gasteiger charge is -2.18. The number of benzene rings is 1. The van der Waals surface area contributed by atoms with Crippen LogP contribution in [0.5, 0.6) is 11.5 Å². The second-order valence-corrected chi connectivity index (χ2v) is 7.64. The summed E-state index contributed by atoms with van der Waals surface area (Å²) in [4.78, 5) is 19.3. The van der Waals surface area contributed by atoms with Gasteiger partial charge in [0.2, 0.25) is 0 Å². The lowest BCUT2D eigenvalue weighted by Crippen LogP contribution is -2.32. The van der Waals surface area contributed by atoms with Crippen molar-refractivity contribution >= 4 is 17.2 Å². The number of fused-ring (bicyclic) bond motifs is 2. The fourth-order valence-corrected chi connectivity index (χ4v) is 4.66. The average Bonchev–Trinajstić information content (AvgIpc) is 3.36. The third-order valence-electron chi connectivity index (χ3n) is 5.19. The second-order valence-electron chi connectivity index (χ2n) is 6.78. The summed E-state index contributed by atoms with van der Waals surface area (Å²) in [5, 5.41) is 6.10. The van der Waals surface area contributed by atoms with Crippen LogP contribution in [-0.2, 0) is 0 Å². The first-order chi connectivity index (χ1) is 12.3. The highest BCUT2D eigenvalue weighted by Crippen LogP contribution is 2.36. The molecule has 1 N–H and O–H groups in total. The Hall–Kier alpha value is -2.12. The predicted octanol–water partition coefficient (Wildman–Crippen LogP) is 1.87. The molecule has 0 saturated carbocycles. The van der Waals surface area contributed by atoms with Crippen LogP contribution in [0.4, 0.5) is 0 Å². The molecular weight excluding hydrogens is 338 g/mol. The van der Waals surface area contributed by atoms with Crippen LogP contribution in [0.3, 0.4) is 0 Å². The van der Waals surface area contributed by atoms with Crippen molar-refractivity contribution in [2.45, 2.75) is 0 Å². The minimum atomic E-state index is 0.0504. The summed E-state index contributed by atoms with van der Waals surface area (Å²) in [7, 11) is 0. The largest absolute Gasteiger partial charge is 0.486 e. The Balaban J connectivity index is 1.36.